The van der Waals surface area contributed by atoms with E-state index < -0.39 is 0 Å². The molecule has 2 rings (SSSR count). The number of halogens is 2. The first kappa shape index (κ1) is 15.5. The van der Waals surface area contributed by atoms with Gasteiger partial charge in [-0.25, -0.2) is 4.39 Å². The average molecular weight is 354 g/mol. The number of hydrogen-bond donors (Lipinski definition) is 2. The summed E-state index contributed by atoms with van der Waals surface area (Å²) in [5.41, 5.74) is 1.37. The fourth-order valence-electron chi connectivity index (χ4n) is 1.63. The van der Waals surface area contributed by atoms with Crippen LogP contribution in [0.4, 0.5) is 10.1 Å². The number of benzene rings is 2. The van der Waals surface area contributed by atoms with Crippen LogP contribution in [-0.2, 0) is 11.4 Å². The van der Waals surface area contributed by atoms with Gasteiger partial charge in [0.2, 0.25) is 0 Å². The molecule has 2 aromatic rings. The van der Waals surface area contributed by atoms with Gasteiger partial charge in [0.1, 0.15) is 11.6 Å². The molecule has 0 aromatic heterocycles. The molecular formula is C15H13BrFNO3. The van der Waals surface area contributed by atoms with Crippen molar-refractivity contribution in [2.75, 3.05) is 11.9 Å². The number of aliphatic hydroxyl groups excluding tert-OH is 1. The van der Waals surface area contributed by atoms with Crippen LogP contribution in [-0.4, -0.2) is 17.6 Å². The first-order valence-corrected chi connectivity index (χ1v) is 6.95. The molecular weight excluding hydrogens is 341 g/mol. The number of nitrogens with one attached hydrogen (secondary N) is 1. The summed E-state index contributed by atoms with van der Waals surface area (Å²) < 4.78 is 18.7. The van der Waals surface area contributed by atoms with Gasteiger partial charge in [0.25, 0.3) is 5.91 Å². The van der Waals surface area contributed by atoms with E-state index in [0.717, 1.165) is 5.56 Å². The number of aliphatic hydroxyl groups is 1. The van der Waals surface area contributed by atoms with E-state index >= 15 is 0 Å². The van der Waals surface area contributed by atoms with Crippen molar-refractivity contribution in [3.05, 3.63) is 58.3 Å². The highest BCUT2D eigenvalue weighted by Crippen LogP contribution is 2.25. The van der Waals surface area contributed by atoms with Crippen LogP contribution in [0.5, 0.6) is 5.75 Å². The van der Waals surface area contributed by atoms with Crippen molar-refractivity contribution < 1.29 is 19.0 Å². The van der Waals surface area contributed by atoms with Crippen LogP contribution in [0, 0.1) is 5.82 Å². The number of ether oxygens (including phenoxy) is 1. The molecule has 2 aromatic carbocycles. The molecule has 0 saturated carbocycles. The molecule has 0 aliphatic heterocycles. The molecule has 1 amide bonds. The van der Waals surface area contributed by atoms with Crippen molar-refractivity contribution in [2.24, 2.45) is 0 Å². The molecule has 0 unspecified atom stereocenters. The summed E-state index contributed by atoms with van der Waals surface area (Å²) in [7, 11) is 0. The predicted octanol–water partition coefficient (Wildman–Crippen LogP) is 3.10. The Balaban J connectivity index is 1.89. The average Bonchev–Trinajstić information content (AvgIpc) is 2.47. The quantitative estimate of drug-likeness (QED) is 0.868. The maximum Gasteiger partial charge on any atom is 0.262 e. The molecule has 0 fully saturated rings. The van der Waals surface area contributed by atoms with Crippen LogP contribution in [0.2, 0.25) is 0 Å². The molecule has 0 saturated heterocycles. The van der Waals surface area contributed by atoms with Crippen LogP contribution in [0.15, 0.2) is 46.9 Å². The molecule has 0 radical (unpaired) electrons. The molecule has 0 aliphatic rings. The lowest BCUT2D eigenvalue weighted by atomic mass is 10.2. The molecule has 4 nitrogen and oxygen atoms in total. The van der Waals surface area contributed by atoms with Gasteiger partial charge in [0, 0.05) is 5.69 Å². The monoisotopic (exact) mass is 353 g/mol. The number of amides is 1. The zero-order valence-electron chi connectivity index (χ0n) is 11.0. The molecule has 0 aliphatic carbocycles. The number of carbonyl (C=O) groups is 1. The fraction of sp³-hybridized carbons (Fsp3) is 0.133. The van der Waals surface area contributed by atoms with E-state index in [4.69, 9.17) is 9.84 Å². The Labute approximate surface area is 129 Å². The van der Waals surface area contributed by atoms with E-state index in [2.05, 4.69) is 21.2 Å². The summed E-state index contributed by atoms with van der Waals surface area (Å²) in [6, 6.07) is 10.8. The van der Waals surface area contributed by atoms with Crippen LogP contribution >= 0.6 is 15.9 Å². The molecule has 0 atom stereocenters. The lowest BCUT2D eigenvalue weighted by Gasteiger charge is -2.09. The third kappa shape index (κ3) is 4.54. The van der Waals surface area contributed by atoms with Gasteiger partial charge in [-0.3, -0.25) is 4.79 Å². The molecule has 6 heteroatoms. The summed E-state index contributed by atoms with van der Waals surface area (Å²) in [5.74, 6) is -0.326. The van der Waals surface area contributed by atoms with E-state index in [-0.39, 0.29) is 24.9 Å². The number of carbonyl (C=O) groups excluding carboxylic acids is 1. The lowest BCUT2D eigenvalue weighted by molar-refractivity contribution is -0.118. The topological polar surface area (TPSA) is 58.6 Å². The molecule has 21 heavy (non-hydrogen) atoms. The maximum atomic E-state index is 12.9. The van der Waals surface area contributed by atoms with Crippen molar-refractivity contribution in [1.29, 1.82) is 0 Å². The van der Waals surface area contributed by atoms with Gasteiger partial charge in [0.15, 0.2) is 6.61 Å². The van der Waals surface area contributed by atoms with Gasteiger partial charge in [0.05, 0.1) is 11.1 Å². The van der Waals surface area contributed by atoms with Crippen molar-refractivity contribution >= 4 is 27.5 Å². The Kier molecular flexibility index (Phi) is 5.30. The zero-order chi connectivity index (χ0) is 15.2. The number of hydrogen-bond acceptors (Lipinski definition) is 3. The minimum Gasteiger partial charge on any atom is -0.483 e. The second-order valence-corrected chi connectivity index (χ2v) is 5.12. The Bertz CT molecular complexity index is 631. The third-order valence-electron chi connectivity index (χ3n) is 2.67. The first-order valence-electron chi connectivity index (χ1n) is 6.16. The fourth-order valence-corrected chi connectivity index (χ4v) is 2.09. The van der Waals surface area contributed by atoms with Gasteiger partial charge < -0.3 is 15.2 Å². The summed E-state index contributed by atoms with van der Waals surface area (Å²) in [5, 5.41) is 11.6. The van der Waals surface area contributed by atoms with Crippen molar-refractivity contribution in [1.82, 2.24) is 0 Å². The Morgan fingerprint density at radius 1 is 1.24 bits per heavy atom. The highest BCUT2D eigenvalue weighted by molar-refractivity contribution is 9.10. The van der Waals surface area contributed by atoms with Gasteiger partial charge in [-0.15, -0.1) is 0 Å². The second kappa shape index (κ2) is 7.19. The summed E-state index contributed by atoms with van der Waals surface area (Å²) in [4.78, 5) is 11.7. The summed E-state index contributed by atoms with van der Waals surface area (Å²) in [6.45, 7) is -0.234. The Morgan fingerprint density at radius 3 is 2.57 bits per heavy atom. The smallest absolute Gasteiger partial charge is 0.262 e. The van der Waals surface area contributed by atoms with Crippen molar-refractivity contribution in [2.45, 2.75) is 6.61 Å². The van der Waals surface area contributed by atoms with Gasteiger partial charge in [-0.1, -0.05) is 12.1 Å². The molecule has 0 heterocycles. The third-order valence-corrected chi connectivity index (χ3v) is 3.29. The van der Waals surface area contributed by atoms with E-state index in [1.807, 2.05) is 0 Å². The Morgan fingerprint density at radius 2 is 1.95 bits per heavy atom. The van der Waals surface area contributed by atoms with Crippen LogP contribution < -0.4 is 10.1 Å². The molecule has 0 spiro atoms. The summed E-state index contributed by atoms with van der Waals surface area (Å²) in [6.07, 6.45) is 0. The number of anilines is 1. The lowest BCUT2D eigenvalue weighted by Crippen LogP contribution is -2.20. The van der Waals surface area contributed by atoms with Crippen LogP contribution in [0.1, 0.15) is 5.56 Å². The highest BCUT2D eigenvalue weighted by atomic mass is 79.9. The molecule has 110 valence electrons. The largest absolute Gasteiger partial charge is 0.483 e. The predicted molar refractivity (Wildman–Crippen MR) is 80.6 cm³/mol. The maximum absolute atomic E-state index is 12.9. The molecule has 2 N–H and O–H groups in total. The molecule has 0 bridgehead atoms. The second-order valence-electron chi connectivity index (χ2n) is 4.27. The number of rotatable bonds is 5. The van der Waals surface area contributed by atoms with Crippen LogP contribution in [0.3, 0.4) is 0 Å². The van der Waals surface area contributed by atoms with E-state index in [9.17, 15) is 9.18 Å². The van der Waals surface area contributed by atoms with Crippen molar-refractivity contribution in [3.8, 4) is 5.75 Å². The zero-order valence-corrected chi connectivity index (χ0v) is 12.6. The minimum atomic E-state index is -0.386. The standard InChI is InChI=1S/C15H13BrFNO3/c16-13-7-11(17)3-6-14(13)21-9-15(20)18-12-4-1-10(8-19)2-5-12/h1-7,19H,8-9H2,(H,18,20). The first-order chi connectivity index (χ1) is 10.1. The van der Waals surface area contributed by atoms with E-state index in [1.54, 1.807) is 24.3 Å². The van der Waals surface area contributed by atoms with Gasteiger partial charge in [-0.05, 0) is 51.8 Å². The van der Waals surface area contributed by atoms with E-state index in [1.165, 1.54) is 18.2 Å². The SMILES string of the molecule is O=C(COc1ccc(F)cc1Br)Nc1ccc(CO)cc1. The highest BCUT2D eigenvalue weighted by Gasteiger charge is 2.07. The van der Waals surface area contributed by atoms with E-state index in [0.29, 0.717) is 15.9 Å². The van der Waals surface area contributed by atoms with Crippen molar-refractivity contribution in [3.63, 3.8) is 0 Å². The minimum absolute atomic E-state index is 0.0457. The Hall–Kier alpha value is -1.92. The van der Waals surface area contributed by atoms with Crippen LogP contribution in [0.25, 0.3) is 0 Å². The summed E-state index contributed by atoms with van der Waals surface area (Å²) >= 11 is 3.16. The normalized spacial score (nSPS) is 10.2. The van der Waals surface area contributed by atoms with Gasteiger partial charge in [-0.2, -0.15) is 0 Å². The van der Waals surface area contributed by atoms with Gasteiger partial charge >= 0.3 is 0 Å².